The first-order valence-electron chi connectivity index (χ1n) is 7.83. The monoisotopic (exact) mass is 290 g/mol. The summed E-state index contributed by atoms with van der Waals surface area (Å²) in [5, 5.41) is 0. The molecule has 1 aromatic carbocycles. The minimum Gasteiger partial charge on any atom is -0.341 e. The number of carbonyl (C=O) groups is 1. The van der Waals surface area contributed by atoms with E-state index in [0.29, 0.717) is 31.3 Å². The van der Waals surface area contributed by atoms with Gasteiger partial charge in [-0.2, -0.15) is 0 Å². The van der Waals surface area contributed by atoms with E-state index in [4.69, 9.17) is 5.73 Å². The number of hydrogen-bond acceptors (Lipinski definition) is 2. The van der Waals surface area contributed by atoms with Gasteiger partial charge in [-0.05, 0) is 49.8 Å². The third-order valence-electron chi connectivity index (χ3n) is 3.93. The minimum atomic E-state index is 0.186. The third-order valence-corrected chi connectivity index (χ3v) is 3.93. The van der Waals surface area contributed by atoms with Crippen molar-refractivity contribution in [2.24, 2.45) is 17.6 Å². The van der Waals surface area contributed by atoms with E-state index in [0.717, 1.165) is 6.42 Å². The number of rotatable bonds is 7. The summed E-state index contributed by atoms with van der Waals surface area (Å²) in [6, 6.07) is 6.38. The lowest BCUT2D eigenvalue weighted by atomic mass is 9.93. The molecule has 0 aliphatic carbocycles. The zero-order valence-electron chi connectivity index (χ0n) is 14.1. The van der Waals surface area contributed by atoms with Crippen molar-refractivity contribution in [3.63, 3.8) is 0 Å². The summed E-state index contributed by atoms with van der Waals surface area (Å²) in [5.41, 5.74) is 9.50. The molecule has 1 atom stereocenters. The smallest absolute Gasteiger partial charge is 0.222 e. The van der Waals surface area contributed by atoms with Crippen molar-refractivity contribution in [3.8, 4) is 0 Å². The first-order valence-corrected chi connectivity index (χ1v) is 7.83. The fourth-order valence-electron chi connectivity index (χ4n) is 2.70. The van der Waals surface area contributed by atoms with Gasteiger partial charge in [-0.1, -0.05) is 37.6 Å². The molecule has 0 saturated carbocycles. The Bertz CT molecular complexity index is 468. The number of carbonyl (C=O) groups excluding carboxylic acids is 1. The zero-order chi connectivity index (χ0) is 16.0. The number of benzene rings is 1. The molecular formula is C18H30N2O. The van der Waals surface area contributed by atoms with Gasteiger partial charge in [0.15, 0.2) is 0 Å². The average Bonchev–Trinajstić information content (AvgIpc) is 2.40. The van der Waals surface area contributed by atoms with Gasteiger partial charge in [0.2, 0.25) is 5.91 Å². The molecule has 0 bridgehead atoms. The van der Waals surface area contributed by atoms with Gasteiger partial charge in [0.05, 0.1) is 0 Å². The van der Waals surface area contributed by atoms with Crippen LogP contribution in [-0.4, -0.2) is 24.4 Å². The number of aryl methyl sites for hydroxylation is 2. The first-order chi connectivity index (χ1) is 9.83. The van der Waals surface area contributed by atoms with E-state index in [9.17, 15) is 4.79 Å². The number of amides is 1. The second-order valence-electron chi connectivity index (χ2n) is 6.62. The summed E-state index contributed by atoms with van der Waals surface area (Å²) < 4.78 is 0. The minimum absolute atomic E-state index is 0.186. The van der Waals surface area contributed by atoms with Crippen LogP contribution in [0.15, 0.2) is 18.2 Å². The standard InChI is InChI=1S/C18H30N2O/c1-13(2)8-16(11-19)10-18(21)20(5)12-17-7-6-14(3)9-15(17)4/h6-7,9,13,16H,8,10-12,19H2,1-5H3/t16-/m0/s1. The zero-order valence-corrected chi connectivity index (χ0v) is 14.1. The van der Waals surface area contributed by atoms with Gasteiger partial charge in [-0.25, -0.2) is 0 Å². The summed E-state index contributed by atoms with van der Waals surface area (Å²) >= 11 is 0. The van der Waals surface area contributed by atoms with Crippen LogP contribution in [-0.2, 0) is 11.3 Å². The Hall–Kier alpha value is -1.35. The Morgan fingerprint density at radius 2 is 1.95 bits per heavy atom. The van der Waals surface area contributed by atoms with Crippen molar-refractivity contribution in [3.05, 3.63) is 34.9 Å². The molecule has 3 heteroatoms. The molecule has 1 rings (SSSR count). The first kappa shape index (κ1) is 17.7. The highest BCUT2D eigenvalue weighted by Gasteiger charge is 2.17. The van der Waals surface area contributed by atoms with Crippen molar-refractivity contribution in [2.75, 3.05) is 13.6 Å². The van der Waals surface area contributed by atoms with E-state index >= 15 is 0 Å². The summed E-state index contributed by atoms with van der Waals surface area (Å²) in [7, 11) is 1.88. The maximum Gasteiger partial charge on any atom is 0.222 e. The van der Waals surface area contributed by atoms with Crippen molar-refractivity contribution < 1.29 is 4.79 Å². The summed E-state index contributed by atoms with van der Waals surface area (Å²) in [6.07, 6.45) is 1.57. The lowest BCUT2D eigenvalue weighted by Gasteiger charge is -2.22. The highest BCUT2D eigenvalue weighted by atomic mass is 16.2. The molecule has 0 heterocycles. The Labute approximate surface area is 129 Å². The second-order valence-corrected chi connectivity index (χ2v) is 6.62. The molecule has 0 aliphatic heterocycles. The van der Waals surface area contributed by atoms with Crippen LogP contribution in [0.3, 0.4) is 0 Å². The number of nitrogens with zero attached hydrogens (tertiary/aromatic N) is 1. The fraction of sp³-hybridized carbons (Fsp3) is 0.611. The Balaban J connectivity index is 2.61. The van der Waals surface area contributed by atoms with Gasteiger partial charge < -0.3 is 10.6 Å². The molecule has 0 spiro atoms. The van der Waals surface area contributed by atoms with E-state index in [1.165, 1.54) is 16.7 Å². The van der Waals surface area contributed by atoms with Gasteiger partial charge in [0.1, 0.15) is 0 Å². The molecule has 1 amide bonds. The van der Waals surface area contributed by atoms with Crippen LogP contribution in [0.2, 0.25) is 0 Å². The predicted molar refractivity (Wildman–Crippen MR) is 89.0 cm³/mol. The third kappa shape index (κ3) is 5.88. The van der Waals surface area contributed by atoms with Crippen molar-refractivity contribution in [1.82, 2.24) is 4.90 Å². The molecule has 0 unspecified atom stereocenters. The highest BCUT2D eigenvalue weighted by Crippen LogP contribution is 2.17. The van der Waals surface area contributed by atoms with Crippen LogP contribution in [0, 0.1) is 25.7 Å². The molecule has 1 aromatic rings. The molecule has 0 radical (unpaired) electrons. The van der Waals surface area contributed by atoms with Crippen LogP contribution in [0.1, 0.15) is 43.4 Å². The maximum absolute atomic E-state index is 12.3. The molecule has 0 aliphatic rings. The van der Waals surface area contributed by atoms with Crippen LogP contribution >= 0.6 is 0 Å². The van der Waals surface area contributed by atoms with E-state index < -0.39 is 0 Å². The number of hydrogen-bond donors (Lipinski definition) is 1. The lowest BCUT2D eigenvalue weighted by Crippen LogP contribution is -2.30. The van der Waals surface area contributed by atoms with E-state index in [1.54, 1.807) is 0 Å². The van der Waals surface area contributed by atoms with Crippen LogP contribution < -0.4 is 5.73 Å². The van der Waals surface area contributed by atoms with E-state index in [1.807, 2.05) is 11.9 Å². The number of nitrogens with two attached hydrogens (primary N) is 1. The molecule has 21 heavy (non-hydrogen) atoms. The molecule has 118 valence electrons. The molecular weight excluding hydrogens is 260 g/mol. The van der Waals surface area contributed by atoms with Crippen molar-refractivity contribution >= 4 is 5.91 Å². The predicted octanol–water partition coefficient (Wildman–Crippen LogP) is 3.27. The second kappa shape index (κ2) is 8.18. The fourth-order valence-corrected chi connectivity index (χ4v) is 2.70. The van der Waals surface area contributed by atoms with Gasteiger partial charge in [0.25, 0.3) is 0 Å². The quantitative estimate of drug-likeness (QED) is 0.837. The summed E-state index contributed by atoms with van der Waals surface area (Å²) in [4.78, 5) is 14.2. The largest absolute Gasteiger partial charge is 0.341 e. The molecule has 2 N–H and O–H groups in total. The van der Waals surface area contributed by atoms with Gasteiger partial charge in [0, 0.05) is 20.0 Å². The molecule has 0 saturated heterocycles. The van der Waals surface area contributed by atoms with Crippen LogP contribution in [0.4, 0.5) is 0 Å². The van der Waals surface area contributed by atoms with E-state index in [2.05, 4.69) is 45.9 Å². The maximum atomic E-state index is 12.3. The Kier molecular flexibility index (Phi) is 6.90. The highest BCUT2D eigenvalue weighted by molar-refractivity contribution is 5.76. The van der Waals surface area contributed by atoms with Crippen LogP contribution in [0.5, 0.6) is 0 Å². The van der Waals surface area contributed by atoms with Crippen molar-refractivity contribution in [2.45, 2.75) is 47.1 Å². The lowest BCUT2D eigenvalue weighted by molar-refractivity contribution is -0.131. The average molecular weight is 290 g/mol. The molecule has 0 aromatic heterocycles. The van der Waals surface area contributed by atoms with Gasteiger partial charge in [-0.3, -0.25) is 4.79 Å². The van der Waals surface area contributed by atoms with Crippen molar-refractivity contribution in [1.29, 1.82) is 0 Å². The Morgan fingerprint density at radius 3 is 2.48 bits per heavy atom. The topological polar surface area (TPSA) is 46.3 Å². The normalized spacial score (nSPS) is 12.5. The summed E-state index contributed by atoms with van der Waals surface area (Å²) in [5.74, 6) is 1.06. The summed E-state index contributed by atoms with van der Waals surface area (Å²) in [6.45, 7) is 9.79. The van der Waals surface area contributed by atoms with Crippen LogP contribution in [0.25, 0.3) is 0 Å². The Morgan fingerprint density at radius 1 is 1.29 bits per heavy atom. The molecule has 0 fully saturated rings. The van der Waals surface area contributed by atoms with Gasteiger partial charge in [-0.15, -0.1) is 0 Å². The SMILES string of the molecule is Cc1ccc(CN(C)C(=O)C[C@@H](CN)CC(C)C)c(C)c1. The van der Waals surface area contributed by atoms with Gasteiger partial charge >= 0.3 is 0 Å². The molecule has 3 nitrogen and oxygen atoms in total. The van der Waals surface area contributed by atoms with E-state index in [-0.39, 0.29) is 5.91 Å².